The molecule has 76 valence electrons. The first-order chi connectivity index (χ1) is 7.18. The molecule has 0 fully saturated rings. The predicted octanol–water partition coefficient (Wildman–Crippen LogP) is 3.93. The van der Waals surface area contributed by atoms with Crippen LogP contribution in [0.4, 0.5) is 0 Å². The van der Waals surface area contributed by atoms with E-state index in [2.05, 4.69) is 19.1 Å². The summed E-state index contributed by atoms with van der Waals surface area (Å²) in [5, 5.41) is 0. The summed E-state index contributed by atoms with van der Waals surface area (Å²) >= 11 is 1.56. The van der Waals surface area contributed by atoms with Gasteiger partial charge in [0.1, 0.15) is 0 Å². The smallest absolute Gasteiger partial charge is 0.169 e. The lowest BCUT2D eigenvalue weighted by atomic mass is 10.1. The molecule has 1 aromatic heterocycles. The van der Waals surface area contributed by atoms with Crippen molar-refractivity contribution in [2.75, 3.05) is 0 Å². The highest BCUT2D eigenvalue weighted by Gasteiger charge is 2.07. The molecule has 1 heterocycles. The van der Waals surface area contributed by atoms with Gasteiger partial charge in [-0.25, -0.2) is 0 Å². The quantitative estimate of drug-likeness (QED) is 0.695. The standard InChI is InChI=1S/C13H12OS/c1-9-5-3-4-6-11(9)13-8-7-12(15-13)10(2)14/h3-8H,1-2H3. The second-order valence-corrected chi connectivity index (χ2v) is 4.62. The molecule has 0 unspecified atom stereocenters. The molecule has 0 N–H and O–H groups in total. The number of carbonyl (C=O) groups excluding carboxylic acids is 1. The molecule has 1 aromatic carbocycles. The second kappa shape index (κ2) is 3.99. The number of ketones is 1. The van der Waals surface area contributed by atoms with E-state index in [0.717, 1.165) is 4.88 Å². The molecule has 1 nitrogen and oxygen atoms in total. The fourth-order valence-electron chi connectivity index (χ4n) is 1.52. The van der Waals surface area contributed by atoms with Gasteiger partial charge in [0.25, 0.3) is 0 Å². The molecule has 0 aliphatic carbocycles. The van der Waals surface area contributed by atoms with E-state index in [9.17, 15) is 4.79 Å². The molecular weight excluding hydrogens is 204 g/mol. The number of hydrogen-bond acceptors (Lipinski definition) is 2. The van der Waals surface area contributed by atoms with Crippen LogP contribution < -0.4 is 0 Å². The topological polar surface area (TPSA) is 17.1 Å². The van der Waals surface area contributed by atoms with Crippen LogP contribution >= 0.6 is 11.3 Å². The monoisotopic (exact) mass is 216 g/mol. The minimum absolute atomic E-state index is 0.139. The summed E-state index contributed by atoms with van der Waals surface area (Å²) in [4.78, 5) is 13.2. The van der Waals surface area contributed by atoms with Crippen LogP contribution in [0.5, 0.6) is 0 Å². The highest BCUT2D eigenvalue weighted by Crippen LogP contribution is 2.30. The number of Topliss-reactive ketones (excluding diaryl/α,β-unsaturated/α-hetero) is 1. The Morgan fingerprint density at radius 2 is 1.87 bits per heavy atom. The van der Waals surface area contributed by atoms with Crippen molar-refractivity contribution in [2.45, 2.75) is 13.8 Å². The van der Waals surface area contributed by atoms with Gasteiger partial charge in [-0.3, -0.25) is 4.79 Å². The van der Waals surface area contributed by atoms with Gasteiger partial charge in [0.05, 0.1) is 4.88 Å². The molecule has 2 rings (SSSR count). The van der Waals surface area contributed by atoms with Crippen molar-refractivity contribution in [1.29, 1.82) is 0 Å². The molecule has 2 aromatic rings. The van der Waals surface area contributed by atoms with Crippen molar-refractivity contribution in [3.8, 4) is 10.4 Å². The first-order valence-corrected chi connectivity index (χ1v) is 5.67. The normalized spacial score (nSPS) is 10.3. The number of thiophene rings is 1. The Labute approximate surface area is 93.4 Å². The molecule has 15 heavy (non-hydrogen) atoms. The van der Waals surface area contributed by atoms with Crippen LogP contribution in [0.2, 0.25) is 0 Å². The summed E-state index contributed by atoms with van der Waals surface area (Å²) < 4.78 is 0. The largest absolute Gasteiger partial charge is 0.294 e. The Hall–Kier alpha value is -1.41. The van der Waals surface area contributed by atoms with Gasteiger partial charge in [0.2, 0.25) is 0 Å². The van der Waals surface area contributed by atoms with Crippen LogP contribution in [-0.4, -0.2) is 5.78 Å². The first-order valence-electron chi connectivity index (χ1n) is 4.85. The van der Waals surface area contributed by atoms with E-state index in [1.165, 1.54) is 16.0 Å². The van der Waals surface area contributed by atoms with Crippen LogP contribution in [0.15, 0.2) is 36.4 Å². The maximum Gasteiger partial charge on any atom is 0.169 e. The summed E-state index contributed by atoms with van der Waals surface area (Å²) in [5.41, 5.74) is 2.46. The third-order valence-corrected chi connectivity index (χ3v) is 3.58. The van der Waals surface area contributed by atoms with Gasteiger partial charge in [-0.05, 0) is 37.1 Å². The highest BCUT2D eigenvalue weighted by molar-refractivity contribution is 7.17. The Morgan fingerprint density at radius 1 is 1.13 bits per heavy atom. The SMILES string of the molecule is CC(=O)c1ccc(-c2ccccc2C)s1. The number of aryl methyl sites for hydroxylation is 1. The van der Waals surface area contributed by atoms with Crippen LogP contribution in [0.3, 0.4) is 0 Å². The summed E-state index contributed by atoms with van der Waals surface area (Å²) in [6.45, 7) is 3.69. The van der Waals surface area contributed by atoms with Gasteiger partial charge in [0, 0.05) is 4.88 Å². The molecule has 2 heteroatoms. The minimum atomic E-state index is 0.139. The zero-order valence-electron chi connectivity index (χ0n) is 8.78. The zero-order chi connectivity index (χ0) is 10.8. The lowest BCUT2D eigenvalue weighted by Gasteiger charge is -2.01. The summed E-state index contributed by atoms with van der Waals surface area (Å²) in [6, 6.07) is 12.1. The van der Waals surface area contributed by atoms with Crippen LogP contribution in [-0.2, 0) is 0 Å². The molecule has 0 saturated heterocycles. The van der Waals surface area contributed by atoms with Gasteiger partial charge in [-0.15, -0.1) is 11.3 Å². The van der Waals surface area contributed by atoms with E-state index < -0.39 is 0 Å². The van der Waals surface area contributed by atoms with E-state index in [0.29, 0.717) is 0 Å². The number of benzene rings is 1. The van der Waals surface area contributed by atoms with Gasteiger partial charge in [-0.2, -0.15) is 0 Å². The number of hydrogen-bond donors (Lipinski definition) is 0. The van der Waals surface area contributed by atoms with E-state index in [-0.39, 0.29) is 5.78 Å². The Bertz CT molecular complexity index is 497. The van der Waals surface area contributed by atoms with Crippen molar-refractivity contribution in [3.63, 3.8) is 0 Å². The minimum Gasteiger partial charge on any atom is -0.294 e. The zero-order valence-corrected chi connectivity index (χ0v) is 9.60. The molecular formula is C13H12OS. The Kier molecular flexibility index (Phi) is 2.69. The van der Waals surface area contributed by atoms with Crippen LogP contribution in [0.25, 0.3) is 10.4 Å². The number of rotatable bonds is 2. The summed E-state index contributed by atoms with van der Waals surface area (Å²) in [7, 11) is 0. The van der Waals surface area contributed by atoms with Crippen LogP contribution in [0, 0.1) is 6.92 Å². The van der Waals surface area contributed by atoms with E-state index in [4.69, 9.17) is 0 Å². The Morgan fingerprint density at radius 3 is 2.47 bits per heavy atom. The molecule has 0 atom stereocenters. The third kappa shape index (κ3) is 2.00. The lowest BCUT2D eigenvalue weighted by Crippen LogP contribution is -1.83. The van der Waals surface area contributed by atoms with Crippen LogP contribution in [0.1, 0.15) is 22.2 Å². The second-order valence-electron chi connectivity index (χ2n) is 3.54. The van der Waals surface area contributed by atoms with Gasteiger partial charge < -0.3 is 0 Å². The van der Waals surface area contributed by atoms with Crippen molar-refractivity contribution in [3.05, 3.63) is 46.8 Å². The van der Waals surface area contributed by atoms with Crippen molar-refractivity contribution in [2.24, 2.45) is 0 Å². The Balaban J connectivity index is 2.46. The fraction of sp³-hybridized carbons (Fsp3) is 0.154. The van der Waals surface area contributed by atoms with E-state index >= 15 is 0 Å². The van der Waals surface area contributed by atoms with E-state index in [1.807, 2.05) is 24.3 Å². The molecule has 0 aliphatic heterocycles. The molecule has 0 amide bonds. The third-order valence-electron chi connectivity index (χ3n) is 2.36. The number of carbonyl (C=O) groups is 1. The fourth-order valence-corrected chi connectivity index (χ4v) is 2.51. The molecule has 0 aliphatic rings. The predicted molar refractivity (Wildman–Crippen MR) is 64.5 cm³/mol. The van der Waals surface area contributed by atoms with Crippen molar-refractivity contribution < 1.29 is 4.79 Å². The maximum atomic E-state index is 11.2. The van der Waals surface area contributed by atoms with Crippen molar-refractivity contribution >= 4 is 17.1 Å². The average Bonchev–Trinajstić information content (AvgIpc) is 2.67. The molecule has 0 bridgehead atoms. The maximum absolute atomic E-state index is 11.2. The van der Waals surface area contributed by atoms with Gasteiger partial charge >= 0.3 is 0 Å². The molecule has 0 radical (unpaired) electrons. The lowest BCUT2D eigenvalue weighted by molar-refractivity contribution is 0.102. The molecule has 0 spiro atoms. The first kappa shape index (κ1) is 10.1. The van der Waals surface area contributed by atoms with Gasteiger partial charge in [0.15, 0.2) is 5.78 Å². The molecule has 0 saturated carbocycles. The van der Waals surface area contributed by atoms with Gasteiger partial charge in [-0.1, -0.05) is 24.3 Å². The summed E-state index contributed by atoms with van der Waals surface area (Å²) in [6.07, 6.45) is 0. The van der Waals surface area contributed by atoms with E-state index in [1.54, 1.807) is 18.3 Å². The highest BCUT2D eigenvalue weighted by atomic mass is 32.1. The van der Waals surface area contributed by atoms with Crippen molar-refractivity contribution in [1.82, 2.24) is 0 Å². The average molecular weight is 216 g/mol. The summed E-state index contributed by atoms with van der Waals surface area (Å²) in [5.74, 6) is 0.139.